The summed E-state index contributed by atoms with van der Waals surface area (Å²) < 4.78 is 0. The lowest BCUT2D eigenvalue weighted by Gasteiger charge is -2.02. The number of halogens is 1. The summed E-state index contributed by atoms with van der Waals surface area (Å²) in [6, 6.07) is 7.38. The van der Waals surface area contributed by atoms with Gasteiger partial charge < -0.3 is 10.6 Å². The van der Waals surface area contributed by atoms with E-state index in [4.69, 9.17) is 27.6 Å². The molecule has 0 unspecified atom stereocenters. The summed E-state index contributed by atoms with van der Waals surface area (Å²) in [5.74, 6) is 0.618. The Labute approximate surface area is 110 Å². The fourth-order valence-corrected chi connectivity index (χ4v) is 1.58. The molecular formula is C11H14ClN3OS. The normalized spacial score (nSPS) is 11.3. The SMILES string of the molecule is C/C(=N\OCCSC(=N)N)c1ccc(Cl)cc1. The molecule has 0 aromatic heterocycles. The van der Waals surface area contributed by atoms with Crippen molar-refractivity contribution in [1.82, 2.24) is 0 Å². The Morgan fingerprint density at radius 3 is 2.71 bits per heavy atom. The quantitative estimate of drug-likeness (QED) is 0.374. The highest BCUT2D eigenvalue weighted by atomic mass is 35.5. The van der Waals surface area contributed by atoms with E-state index in [9.17, 15) is 0 Å². The highest BCUT2D eigenvalue weighted by Gasteiger charge is 1.98. The first kappa shape index (κ1) is 13.9. The predicted molar refractivity (Wildman–Crippen MR) is 74.0 cm³/mol. The molecule has 0 fully saturated rings. The number of hydrogen-bond acceptors (Lipinski definition) is 4. The Hall–Kier alpha value is -1.20. The van der Waals surface area contributed by atoms with Crippen molar-refractivity contribution in [2.24, 2.45) is 10.9 Å². The largest absolute Gasteiger partial charge is 0.395 e. The smallest absolute Gasteiger partial charge is 0.151 e. The minimum atomic E-state index is 0.0898. The van der Waals surface area contributed by atoms with Gasteiger partial charge in [-0.05, 0) is 24.6 Å². The van der Waals surface area contributed by atoms with Gasteiger partial charge in [-0.15, -0.1) is 0 Å². The Morgan fingerprint density at radius 1 is 1.47 bits per heavy atom. The maximum absolute atomic E-state index is 7.01. The Morgan fingerprint density at radius 2 is 2.12 bits per heavy atom. The lowest BCUT2D eigenvalue weighted by molar-refractivity contribution is 0.161. The van der Waals surface area contributed by atoms with Crippen molar-refractivity contribution >= 4 is 34.2 Å². The minimum absolute atomic E-state index is 0.0898. The van der Waals surface area contributed by atoms with E-state index in [-0.39, 0.29) is 5.17 Å². The fourth-order valence-electron chi connectivity index (χ4n) is 1.08. The second-order valence-corrected chi connectivity index (χ2v) is 4.80. The van der Waals surface area contributed by atoms with Gasteiger partial charge in [-0.25, -0.2) is 0 Å². The zero-order valence-corrected chi connectivity index (χ0v) is 11.0. The van der Waals surface area contributed by atoms with Gasteiger partial charge in [-0.2, -0.15) is 0 Å². The third-order valence-electron chi connectivity index (χ3n) is 1.90. The van der Waals surface area contributed by atoms with E-state index in [1.165, 1.54) is 11.8 Å². The molecule has 3 N–H and O–H groups in total. The minimum Gasteiger partial charge on any atom is -0.395 e. The van der Waals surface area contributed by atoms with Gasteiger partial charge in [-0.3, -0.25) is 5.41 Å². The average Bonchev–Trinajstić information content (AvgIpc) is 2.29. The van der Waals surface area contributed by atoms with E-state index >= 15 is 0 Å². The van der Waals surface area contributed by atoms with Crippen LogP contribution in [-0.2, 0) is 4.84 Å². The standard InChI is InChI=1S/C11H14ClN3OS/c1-8(9-2-4-10(12)5-3-9)15-16-6-7-17-11(13)14/h2-5H,6-7H2,1H3,(H3,13,14)/b15-8+. The molecular weight excluding hydrogens is 258 g/mol. The molecule has 0 heterocycles. The molecule has 0 radical (unpaired) electrons. The predicted octanol–water partition coefficient (Wildman–Crippen LogP) is 2.71. The number of nitrogens with two attached hydrogens (primary N) is 1. The molecule has 6 heteroatoms. The molecule has 0 spiro atoms. The maximum atomic E-state index is 7.01. The zero-order chi connectivity index (χ0) is 12.7. The molecule has 0 saturated heterocycles. The van der Waals surface area contributed by atoms with Crippen molar-refractivity contribution in [2.75, 3.05) is 12.4 Å². The zero-order valence-electron chi connectivity index (χ0n) is 9.44. The number of benzene rings is 1. The molecule has 0 aliphatic rings. The van der Waals surface area contributed by atoms with Crippen LogP contribution in [0.15, 0.2) is 29.4 Å². The molecule has 0 saturated carbocycles. The molecule has 1 aromatic rings. The summed E-state index contributed by atoms with van der Waals surface area (Å²) in [6.45, 7) is 2.29. The summed E-state index contributed by atoms with van der Waals surface area (Å²) in [7, 11) is 0. The number of hydrogen-bond donors (Lipinski definition) is 2. The van der Waals surface area contributed by atoms with Crippen molar-refractivity contribution in [3.8, 4) is 0 Å². The van der Waals surface area contributed by atoms with Crippen LogP contribution in [0.4, 0.5) is 0 Å². The van der Waals surface area contributed by atoms with Crippen molar-refractivity contribution < 1.29 is 4.84 Å². The molecule has 0 atom stereocenters. The number of thioether (sulfide) groups is 1. The van der Waals surface area contributed by atoms with Crippen molar-refractivity contribution in [2.45, 2.75) is 6.92 Å². The summed E-state index contributed by atoms with van der Waals surface area (Å²) in [5.41, 5.74) is 6.93. The fraction of sp³-hybridized carbons (Fsp3) is 0.273. The third kappa shape index (κ3) is 5.60. The summed E-state index contributed by atoms with van der Waals surface area (Å²) in [4.78, 5) is 5.11. The van der Waals surface area contributed by atoms with Crippen LogP contribution in [-0.4, -0.2) is 23.2 Å². The van der Waals surface area contributed by atoms with Gasteiger partial charge in [-0.1, -0.05) is 40.7 Å². The molecule has 92 valence electrons. The van der Waals surface area contributed by atoms with Crippen LogP contribution in [0.1, 0.15) is 12.5 Å². The van der Waals surface area contributed by atoms with Crippen LogP contribution in [0.5, 0.6) is 0 Å². The van der Waals surface area contributed by atoms with Gasteiger partial charge >= 0.3 is 0 Å². The van der Waals surface area contributed by atoms with Crippen LogP contribution < -0.4 is 5.73 Å². The van der Waals surface area contributed by atoms with Gasteiger partial charge in [0.25, 0.3) is 0 Å². The third-order valence-corrected chi connectivity index (χ3v) is 2.83. The summed E-state index contributed by atoms with van der Waals surface area (Å²) in [5, 5.41) is 11.8. The summed E-state index contributed by atoms with van der Waals surface area (Å²) in [6.07, 6.45) is 0. The Bertz CT molecular complexity index is 406. The maximum Gasteiger partial charge on any atom is 0.151 e. The monoisotopic (exact) mass is 271 g/mol. The van der Waals surface area contributed by atoms with Gasteiger partial charge in [0.1, 0.15) is 6.61 Å². The first-order valence-electron chi connectivity index (χ1n) is 4.99. The van der Waals surface area contributed by atoms with Gasteiger partial charge in [0.2, 0.25) is 0 Å². The average molecular weight is 272 g/mol. The molecule has 1 aromatic carbocycles. The molecule has 1 rings (SSSR count). The van der Waals surface area contributed by atoms with Gasteiger partial charge in [0, 0.05) is 10.8 Å². The Kier molecular flexibility index (Phi) is 5.86. The van der Waals surface area contributed by atoms with E-state index in [2.05, 4.69) is 5.16 Å². The van der Waals surface area contributed by atoms with E-state index in [0.29, 0.717) is 17.4 Å². The van der Waals surface area contributed by atoms with Crippen LogP contribution >= 0.6 is 23.4 Å². The highest BCUT2D eigenvalue weighted by molar-refractivity contribution is 8.13. The van der Waals surface area contributed by atoms with Crippen molar-refractivity contribution in [1.29, 1.82) is 5.41 Å². The van der Waals surface area contributed by atoms with Crippen LogP contribution in [0.3, 0.4) is 0 Å². The molecule has 0 aliphatic heterocycles. The van der Waals surface area contributed by atoms with Crippen molar-refractivity contribution in [3.63, 3.8) is 0 Å². The molecule has 4 nitrogen and oxygen atoms in total. The van der Waals surface area contributed by atoms with Crippen LogP contribution in [0.25, 0.3) is 0 Å². The second-order valence-electron chi connectivity index (χ2n) is 3.23. The second kappa shape index (κ2) is 7.19. The van der Waals surface area contributed by atoms with E-state index in [1.807, 2.05) is 31.2 Å². The number of nitrogens with zero attached hydrogens (tertiary/aromatic N) is 1. The molecule has 0 amide bonds. The van der Waals surface area contributed by atoms with Gasteiger partial charge in [0.15, 0.2) is 5.17 Å². The van der Waals surface area contributed by atoms with Crippen LogP contribution in [0.2, 0.25) is 5.02 Å². The molecule has 17 heavy (non-hydrogen) atoms. The van der Waals surface area contributed by atoms with Gasteiger partial charge in [0.05, 0.1) is 5.71 Å². The number of nitrogens with one attached hydrogen (secondary N) is 1. The number of amidine groups is 1. The lowest BCUT2D eigenvalue weighted by Crippen LogP contribution is -2.06. The van der Waals surface area contributed by atoms with E-state index < -0.39 is 0 Å². The van der Waals surface area contributed by atoms with Crippen LogP contribution in [0, 0.1) is 5.41 Å². The molecule has 0 bridgehead atoms. The Balaban J connectivity index is 2.39. The molecule has 0 aliphatic carbocycles. The number of oxime groups is 1. The van der Waals surface area contributed by atoms with E-state index in [0.717, 1.165) is 11.3 Å². The van der Waals surface area contributed by atoms with E-state index in [1.54, 1.807) is 0 Å². The number of rotatable bonds is 5. The lowest BCUT2D eigenvalue weighted by atomic mass is 10.1. The first-order valence-corrected chi connectivity index (χ1v) is 6.35. The first-order chi connectivity index (χ1) is 8.09. The summed E-state index contributed by atoms with van der Waals surface area (Å²) >= 11 is 7.02. The highest BCUT2D eigenvalue weighted by Crippen LogP contribution is 2.10. The topological polar surface area (TPSA) is 71.5 Å². The van der Waals surface area contributed by atoms with Crippen molar-refractivity contribution in [3.05, 3.63) is 34.9 Å².